The van der Waals surface area contributed by atoms with Gasteiger partial charge in [0.25, 0.3) is 11.5 Å². The number of nitrogens with zero attached hydrogens (tertiary/aromatic N) is 2. The zero-order valence-electron chi connectivity index (χ0n) is 11.1. The first-order valence-corrected chi connectivity index (χ1v) is 7.18. The van der Waals surface area contributed by atoms with Crippen LogP contribution in [0.1, 0.15) is 28.8 Å². The number of carbonyl (C=O) groups excluding carboxylic acids is 1. The highest BCUT2D eigenvalue weighted by molar-refractivity contribution is 7.09. The van der Waals surface area contributed by atoms with Crippen LogP contribution in [0.15, 0.2) is 28.5 Å². The van der Waals surface area contributed by atoms with E-state index in [4.69, 9.17) is 5.73 Å². The average Bonchev–Trinajstić information content (AvgIpc) is 2.92. The van der Waals surface area contributed by atoms with Crippen LogP contribution in [-0.2, 0) is 13.1 Å². The maximum absolute atomic E-state index is 12.0. The van der Waals surface area contributed by atoms with E-state index in [-0.39, 0.29) is 11.5 Å². The molecule has 0 bridgehead atoms. The van der Waals surface area contributed by atoms with Crippen molar-refractivity contribution in [1.29, 1.82) is 0 Å². The lowest BCUT2D eigenvalue weighted by atomic mass is 10.3. The van der Waals surface area contributed by atoms with Gasteiger partial charge in [-0.25, -0.2) is 4.98 Å². The summed E-state index contributed by atoms with van der Waals surface area (Å²) in [6.07, 6.45) is 2.49. The zero-order chi connectivity index (χ0) is 14.5. The maximum Gasteiger partial charge on any atom is 0.275 e. The number of hydrogen-bond acceptors (Lipinski definition) is 5. The Balaban J connectivity index is 2.15. The second-order valence-corrected chi connectivity index (χ2v) is 5.18. The first-order valence-electron chi connectivity index (χ1n) is 6.30. The number of carbonyl (C=O) groups is 1. The molecule has 0 aliphatic carbocycles. The monoisotopic (exact) mass is 292 g/mol. The molecule has 2 aromatic heterocycles. The van der Waals surface area contributed by atoms with Crippen molar-refractivity contribution < 1.29 is 4.79 Å². The molecule has 0 spiro atoms. The normalized spacial score (nSPS) is 10.5. The Labute approximate surface area is 120 Å². The number of nitrogens with one attached hydrogen (secondary N) is 1. The van der Waals surface area contributed by atoms with Crippen LogP contribution in [0.4, 0.5) is 5.69 Å². The lowest BCUT2D eigenvalue weighted by Gasteiger charge is -2.07. The van der Waals surface area contributed by atoms with Gasteiger partial charge in [-0.05, 0) is 12.5 Å². The Morgan fingerprint density at radius 1 is 1.50 bits per heavy atom. The van der Waals surface area contributed by atoms with Crippen LogP contribution in [-0.4, -0.2) is 15.5 Å². The van der Waals surface area contributed by atoms with E-state index >= 15 is 0 Å². The van der Waals surface area contributed by atoms with E-state index in [0.717, 1.165) is 6.42 Å². The molecular formula is C13H16N4O2S. The highest BCUT2D eigenvalue weighted by Crippen LogP contribution is 2.11. The molecule has 1 amide bonds. The van der Waals surface area contributed by atoms with Crippen molar-refractivity contribution in [3.8, 4) is 0 Å². The van der Waals surface area contributed by atoms with Gasteiger partial charge in [-0.2, -0.15) is 0 Å². The minimum atomic E-state index is -0.303. The summed E-state index contributed by atoms with van der Waals surface area (Å²) in [4.78, 5) is 27.7. The first kappa shape index (κ1) is 14.4. The van der Waals surface area contributed by atoms with Gasteiger partial charge in [0, 0.05) is 30.7 Å². The summed E-state index contributed by atoms with van der Waals surface area (Å²) in [7, 11) is 0. The van der Waals surface area contributed by atoms with Gasteiger partial charge in [0.2, 0.25) is 0 Å². The number of aryl methyl sites for hydroxylation is 1. The fraction of sp³-hybridized carbons (Fsp3) is 0.308. The Kier molecular flexibility index (Phi) is 4.65. The van der Waals surface area contributed by atoms with Crippen LogP contribution in [0.2, 0.25) is 0 Å². The molecule has 7 heteroatoms. The minimum Gasteiger partial charge on any atom is -0.325 e. The topological polar surface area (TPSA) is 90.0 Å². The average molecular weight is 292 g/mol. The maximum atomic E-state index is 12.0. The van der Waals surface area contributed by atoms with Gasteiger partial charge in [0.05, 0.1) is 5.69 Å². The summed E-state index contributed by atoms with van der Waals surface area (Å²) in [5.41, 5.74) is 6.30. The van der Waals surface area contributed by atoms with Crippen LogP contribution >= 0.6 is 11.3 Å². The molecule has 0 unspecified atom stereocenters. The lowest BCUT2D eigenvalue weighted by Crippen LogP contribution is -2.20. The van der Waals surface area contributed by atoms with Crippen LogP contribution < -0.4 is 16.6 Å². The van der Waals surface area contributed by atoms with Gasteiger partial charge < -0.3 is 15.6 Å². The lowest BCUT2D eigenvalue weighted by molar-refractivity contribution is 0.102. The molecule has 0 aromatic carbocycles. The molecule has 2 rings (SSSR count). The summed E-state index contributed by atoms with van der Waals surface area (Å²) in [6, 6.07) is 3.03. The molecule has 106 valence electrons. The molecule has 0 fully saturated rings. The third-order valence-electron chi connectivity index (χ3n) is 2.66. The molecule has 0 saturated carbocycles. The van der Waals surface area contributed by atoms with Crippen LogP contribution in [0.25, 0.3) is 0 Å². The van der Waals surface area contributed by atoms with E-state index in [9.17, 15) is 9.59 Å². The predicted octanol–water partition coefficient (Wildman–Crippen LogP) is 1.43. The van der Waals surface area contributed by atoms with E-state index in [1.165, 1.54) is 17.4 Å². The van der Waals surface area contributed by atoms with Crippen LogP contribution in [0, 0.1) is 0 Å². The number of rotatable bonds is 5. The zero-order valence-corrected chi connectivity index (χ0v) is 11.9. The van der Waals surface area contributed by atoms with E-state index in [1.807, 2.05) is 6.92 Å². The summed E-state index contributed by atoms with van der Waals surface area (Å²) >= 11 is 1.35. The molecule has 6 nitrogen and oxygen atoms in total. The summed E-state index contributed by atoms with van der Waals surface area (Å²) in [6.45, 7) is 2.93. The second kappa shape index (κ2) is 6.44. The van der Waals surface area contributed by atoms with Gasteiger partial charge in [-0.1, -0.05) is 6.92 Å². The molecule has 0 saturated heterocycles. The number of aromatic nitrogens is 2. The van der Waals surface area contributed by atoms with Crippen molar-refractivity contribution in [3.63, 3.8) is 0 Å². The van der Waals surface area contributed by atoms with Crippen molar-refractivity contribution >= 4 is 22.9 Å². The molecule has 0 atom stereocenters. The predicted molar refractivity (Wildman–Crippen MR) is 79.0 cm³/mol. The summed E-state index contributed by atoms with van der Waals surface area (Å²) in [5, 5.41) is 5.11. The van der Waals surface area contributed by atoms with Gasteiger partial charge in [-0.15, -0.1) is 11.3 Å². The van der Waals surface area contributed by atoms with Gasteiger partial charge in [0.15, 0.2) is 0 Å². The first-order chi connectivity index (χ1) is 9.63. The number of anilines is 1. The van der Waals surface area contributed by atoms with Crippen molar-refractivity contribution in [3.05, 3.63) is 44.8 Å². The number of thiazole rings is 1. The Hall–Kier alpha value is -1.99. The third-order valence-corrected chi connectivity index (χ3v) is 3.54. The number of hydrogen-bond donors (Lipinski definition) is 2. The molecular weight excluding hydrogens is 276 g/mol. The number of nitrogens with two attached hydrogens (primary N) is 1. The van der Waals surface area contributed by atoms with Crippen molar-refractivity contribution in [2.24, 2.45) is 5.73 Å². The summed E-state index contributed by atoms with van der Waals surface area (Å²) in [5.74, 6) is -0.303. The Bertz CT molecular complexity index is 662. The Morgan fingerprint density at radius 2 is 2.30 bits per heavy atom. The Morgan fingerprint density at radius 3 is 2.95 bits per heavy atom. The van der Waals surface area contributed by atoms with Crippen molar-refractivity contribution in [2.75, 3.05) is 5.32 Å². The van der Waals surface area contributed by atoms with E-state index in [0.29, 0.717) is 29.5 Å². The van der Waals surface area contributed by atoms with Crippen molar-refractivity contribution in [1.82, 2.24) is 9.55 Å². The van der Waals surface area contributed by atoms with E-state index in [1.54, 1.807) is 22.2 Å². The number of pyridine rings is 1. The van der Waals surface area contributed by atoms with Crippen LogP contribution in [0.5, 0.6) is 0 Å². The fourth-order valence-corrected chi connectivity index (χ4v) is 2.38. The molecule has 3 N–H and O–H groups in total. The van der Waals surface area contributed by atoms with Gasteiger partial charge in [-0.3, -0.25) is 9.59 Å². The fourth-order valence-electron chi connectivity index (χ4n) is 1.72. The molecule has 0 radical (unpaired) electrons. The second-order valence-electron chi connectivity index (χ2n) is 4.23. The molecule has 0 aliphatic heterocycles. The highest BCUT2D eigenvalue weighted by Gasteiger charge is 2.11. The van der Waals surface area contributed by atoms with Gasteiger partial charge in [0.1, 0.15) is 10.7 Å². The van der Waals surface area contributed by atoms with Crippen molar-refractivity contribution in [2.45, 2.75) is 26.4 Å². The van der Waals surface area contributed by atoms with E-state index < -0.39 is 0 Å². The largest absolute Gasteiger partial charge is 0.325 e. The quantitative estimate of drug-likeness (QED) is 0.872. The standard InChI is InChI=1S/C13H16N4O2S/c1-2-5-17-7-9(3-4-12(17)18)15-13(19)10-8-20-11(6-14)16-10/h3-4,7-8H,2,5-6,14H2,1H3,(H,15,19). The van der Waals surface area contributed by atoms with E-state index in [2.05, 4.69) is 10.3 Å². The summed E-state index contributed by atoms with van der Waals surface area (Å²) < 4.78 is 1.57. The van der Waals surface area contributed by atoms with Gasteiger partial charge >= 0.3 is 0 Å². The smallest absolute Gasteiger partial charge is 0.275 e. The molecule has 2 heterocycles. The molecule has 2 aromatic rings. The highest BCUT2D eigenvalue weighted by atomic mass is 32.1. The third kappa shape index (κ3) is 3.31. The van der Waals surface area contributed by atoms with Crippen LogP contribution in [0.3, 0.4) is 0 Å². The number of amides is 1. The molecule has 0 aliphatic rings. The SMILES string of the molecule is CCCn1cc(NC(=O)c2csc(CN)n2)ccc1=O. The minimum absolute atomic E-state index is 0.0797. The molecule has 20 heavy (non-hydrogen) atoms.